The molecule has 1 aromatic rings. The lowest BCUT2D eigenvalue weighted by atomic mass is 10.2. The summed E-state index contributed by atoms with van der Waals surface area (Å²) in [6, 6.07) is 5.49. The van der Waals surface area contributed by atoms with Gasteiger partial charge in [0.05, 0.1) is 11.3 Å². The number of nitrogens with two attached hydrogens (primary N) is 2. The highest BCUT2D eigenvalue weighted by Crippen LogP contribution is 2.15. The van der Waals surface area contributed by atoms with Crippen molar-refractivity contribution in [3.8, 4) is 0 Å². The first-order chi connectivity index (χ1) is 9.38. The topological polar surface area (TPSA) is 149 Å². The molecular weight excluding hydrogens is 264 g/mol. The molecule has 106 valence electrons. The van der Waals surface area contributed by atoms with Gasteiger partial charge in [0.25, 0.3) is 5.69 Å². The number of hydrogen-bond acceptors (Lipinski definition) is 5. The maximum atomic E-state index is 11.6. The van der Waals surface area contributed by atoms with E-state index in [9.17, 15) is 14.9 Å². The SMILES string of the molecule is CC(CC(=O)Nc1ccc([N+](=O)[O-])cc1)=NN=C(N)N. The van der Waals surface area contributed by atoms with Crippen LogP contribution in [0.3, 0.4) is 0 Å². The van der Waals surface area contributed by atoms with Crippen LogP contribution in [0.25, 0.3) is 0 Å². The molecule has 1 aromatic carbocycles. The second-order valence-corrected chi connectivity index (χ2v) is 3.89. The van der Waals surface area contributed by atoms with Gasteiger partial charge in [0.2, 0.25) is 11.9 Å². The third-order valence-corrected chi connectivity index (χ3v) is 2.11. The number of nitro groups is 1. The molecule has 0 saturated heterocycles. The number of rotatable bonds is 5. The molecule has 0 aliphatic carbocycles. The van der Waals surface area contributed by atoms with Crippen molar-refractivity contribution in [2.24, 2.45) is 21.7 Å². The summed E-state index contributed by atoms with van der Waals surface area (Å²) in [7, 11) is 0. The van der Waals surface area contributed by atoms with Crippen LogP contribution in [-0.4, -0.2) is 22.5 Å². The van der Waals surface area contributed by atoms with Gasteiger partial charge >= 0.3 is 0 Å². The Hall–Kier alpha value is -2.97. The molecule has 5 N–H and O–H groups in total. The third-order valence-electron chi connectivity index (χ3n) is 2.11. The Morgan fingerprint density at radius 3 is 2.40 bits per heavy atom. The Labute approximate surface area is 114 Å². The molecule has 0 unspecified atom stereocenters. The Morgan fingerprint density at radius 2 is 1.90 bits per heavy atom. The Balaban J connectivity index is 2.60. The molecule has 9 nitrogen and oxygen atoms in total. The Morgan fingerprint density at radius 1 is 1.30 bits per heavy atom. The fraction of sp³-hybridized carbons (Fsp3) is 0.182. The quantitative estimate of drug-likeness (QED) is 0.311. The first-order valence-electron chi connectivity index (χ1n) is 5.55. The van der Waals surface area contributed by atoms with E-state index >= 15 is 0 Å². The van der Waals surface area contributed by atoms with Crippen LogP contribution in [0.5, 0.6) is 0 Å². The van der Waals surface area contributed by atoms with Gasteiger partial charge in [-0.05, 0) is 19.1 Å². The smallest absolute Gasteiger partial charge is 0.269 e. The highest BCUT2D eigenvalue weighted by molar-refractivity contribution is 6.05. The molecule has 0 bridgehead atoms. The van der Waals surface area contributed by atoms with Crippen LogP contribution in [-0.2, 0) is 4.79 Å². The lowest BCUT2D eigenvalue weighted by Gasteiger charge is -2.04. The van der Waals surface area contributed by atoms with E-state index < -0.39 is 4.92 Å². The van der Waals surface area contributed by atoms with Gasteiger partial charge in [0.15, 0.2) is 0 Å². The van der Waals surface area contributed by atoms with Gasteiger partial charge in [0.1, 0.15) is 0 Å². The fourth-order valence-electron chi connectivity index (χ4n) is 1.28. The van der Waals surface area contributed by atoms with Crippen LogP contribution >= 0.6 is 0 Å². The van der Waals surface area contributed by atoms with Gasteiger partial charge in [0, 0.05) is 23.5 Å². The lowest BCUT2D eigenvalue weighted by Crippen LogP contribution is -2.22. The maximum Gasteiger partial charge on any atom is 0.269 e. The molecule has 0 fully saturated rings. The summed E-state index contributed by atoms with van der Waals surface area (Å²) < 4.78 is 0. The standard InChI is InChI=1S/C11H14N6O3/c1-7(15-16-11(12)13)6-10(18)14-8-2-4-9(5-3-8)17(19)20/h2-5H,6H2,1H3,(H,14,18)(H4,12,13,16). The number of carbonyl (C=O) groups excluding carboxylic acids is 1. The second kappa shape index (κ2) is 6.83. The molecule has 1 amide bonds. The van der Waals surface area contributed by atoms with Crippen molar-refractivity contribution in [2.75, 3.05) is 5.32 Å². The largest absolute Gasteiger partial charge is 0.369 e. The van der Waals surface area contributed by atoms with E-state index in [4.69, 9.17) is 11.5 Å². The van der Waals surface area contributed by atoms with Crippen LogP contribution in [0, 0.1) is 10.1 Å². The molecule has 0 radical (unpaired) electrons. The Bertz CT molecular complexity index is 560. The van der Waals surface area contributed by atoms with Gasteiger partial charge in [-0.3, -0.25) is 14.9 Å². The highest BCUT2D eigenvalue weighted by atomic mass is 16.6. The van der Waals surface area contributed by atoms with Gasteiger partial charge in [-0.25, -0.2) is 0 Å². The molecule has 20 heavy (non-hydrogen) atoms. The number of amides is 1. The molecule has 0 atom stereocenters. The normalized spacial score (nSPS) is 10.8. The third kappa shape index (κ3) is 5.12. The summed E-state index contributed by atoms with van der Waals surface area (Å²) in [5.41, 5.74) is 11.0. The number of carbonyl (C=O) groups is 1. The first-order valence-corrected chi connectivity index (χ1v) is 5.55. The van der Waals surface area contributed by atoms with E-state index in [0.717, 1.165) is 0 Å². The van der Waals surface area contributed by atoms with Gasteiger partial charge in [-0.15, -0.1) is 5.10 Å². The minimum absolute atomic E-state index is 0.00771. The van der Waals surface area contributed by atoms with Crippen molar-refractivity contribution in [1.29, 1.82) is 0 Å². The van der Waals surface area contributed by atoms with Crippen molar-refractivity contribution in [3.05, 3.63) is 34.4 Å². The highest BCUT2D eigenvalue weighted by Gasteiger charge is 2.07. The molecule has 0 heterocycles. The van der Waals surface area contributed by atoms with Crippen molar-refractivity contribution >= 4 is 29.0 Å². The second-order valence-electron chi connectivity index (χ2n) is 3.89. The van der Waals surface area contributed by atoms with Crippen LogP contribution in [0.2, 0.25) is 0 Å². The Kier molecular flexibility index (Phi) is 5.15. The van der Waals surface area contributed by atoms with Crippen LogP contribution in [0.4, 0.5) is 11.4 Å². The van der Waals surface area contributed by atoms with Crippen LogP contribution in [0.1, 0.15) is 13.3 Å². The number of nitro benzene ring substituents is 1. The summed E-state index contributed by atoms with van der Waals surface area (Å²) in [6.45, 7) is 1.60. The predicted molar refractivity (Wildman–Crippen MR) is 75.3 cm³/mol. The van der Waals surface area contributed by atoms with Crippen molar-refractivity contribution in [2.45, 2.75) is 13.3 Å². The van der Waals surface area contributed by atoms with Crippen LogP contribution in [0.15, 0.2) is 34.5 Å². The summed E-state index contributed by atoms with van der Waals surface area (Å²) in [5.74, 6) is -0.522. The molecule has 1 rings (SSSR count). The zero-order chi connectivity index (χ0) is 15.1. The monoisotopic (exact) mass is 278 g/mol. The zero-order valence-corrected chi connectivity index (χ0v) is 10.7. The van der Waals surface area contributed by atoms with Gasteiger partial charge in [-0.2, -0.15) is 5.10 Å². The molecule has 9 heteroatoms. The molecule has 0 aromatic heterocycles. The molecule has 0 aliphatic rings. The summed E-state index contributed by atoms with van der Waals surface area (Å²) in [5, 5.41) is 20.1. The zero-order valence-electron chi connectivity index (χ0n) is 10.7. The average Bonchev–Trinajstić information content (AvgIpc) is 2.36. The number of non-ortho nitro benzene ring substituents is 1. The van der Waals surface area contributed by atoms with Crippen molar-refractivity contribution in [3.63, 3.8) is 0 Å². The fourth-order valence-corrected chi connectivity index (χ4v) is 1.28. The van der Waals surface area contributed by atoms with E-state index in [1.807, 2.05) is 0 Å². The number of guanidine groups is 1. The van der Waals surface area contributed by atoms with Crippen molar-refractivity contribution in [1.82, 2.24) is 0 Å². The van der Waals surface area contributed by atoms with Gasteiger partial charge < -0.3 is 16.8 Å². The number of hydrogen-bond donors (Lipinski definition) is 3. The first kappa shape index (κ1) is 15.1. The maximum absolute atomic E-state index is 11.6. The lowest BCUT2D eigenvalue weighted by molar-refractivity contribution is -0.384. The predicted octanol–water partition coefficient (Wildman–Crippen LogP) is 0.573. The molecular formula is C11H14N6O3. The minimum Gasteiger partial charge on any atom is -0.369 e. The number of nitrogens with one attached hydrogen (secondary N) is 1. The summed E-state index contributed by atoms with van der Waals surface area (Å²) >= 11 is 0. The van der Waals surface area contributed by atoms with E-state index in [0.29, 0.717) is 11.4 Å². The minimum atomic E-state index is -0.516. The molecule has 0 spiro atoms. The van der Waals surface area contributed by atoms with E-state index in [-0.39, 0.29) is 24.0 Å². The van der Waals surface area contributed by atoms with Crippen LogP contribution < -0.4 is 16.8 Å². The number of nitrogens with zero attached hydrogens (tertiary/aromatic N) is 3. The molecule has 0 saturated carbocycles. The van der Waals surface area contributed by atoms with E-state index in [1.54, 1.807) is 6.92 Å². The molecule has 0 aliphatic heterocycles. The van der Waals surface area contributed by atoms with Crippen molar-refractivity contribution < 1.29 is 9.72 Å². The summed E-state index contributed by atoms with van der Waals surface area (Å²) in [6.07, 6.45) is 0.00771. The number of benzene rings is 1. The summed E-state index contributed by atoms with van der Waals surface area (Å²) in [4.78, 5) is 21.6. The van der Waals surface area contributed by atoms with Gasteiger partial charge in [-0.1, -0.05) is 0 Å². The van der Waals surface area contributed by atoms with E-state index in [2.05, 4.69) is 15.5 Å². The van der Waals surface area contributed by atoms with E-state index in [1.165, 1.54) is 24.3 Å². The number of anilines is 1. The average molecular weight is 278 g/mol.